The second-order valence-corrected chi connectivity index (χ2v) is 10.0. The number of hydrogen-bond acceptors (Lipinski definition) is 2. The zero-order chi connectivity index (χ0) is 23.3. The molecule has 0 bridgehead atoms. The second kappa shape index (κ2) is 7.80. The van der Waals surface area contributed by atoms with E-state index in [-0.39, 0.29) is 11.2 Å². The summed E-state index contributed by atoms with van der Waals surface area (Å²) in [5.74, 6) is -0.282. The first-order valence-electron chi connectivity index (χ1n) is 11.3. The molecule has 0 N–H and O–H groups in total. The van der Waals surface area contributed by atoms with Gasteiger partial charge in [0.2, 0.25) is 5.69 Å². The Hall–Kier alpha value is -3.53. The summed E-state index contributed by atoms with van der Waals surface area (Å²) in [6.45, 7) is 8.82. The Kier molecular flexibility index (Phi) is 5.04. The number of fused-ring (bicyclic) bond motifs is 3. The van der Waals surface area contributed by atoms with E-state index in [1.807, 2.05) is 60.4 Å². The molecule has 3 nitrogen and oxygen atoms in total. The highest BCUT2D eigenvalue weighted by Crippen LogP contribution is 2.44. The Bertz CT molecular complexity index is 1490. The number of aryl methyl sites for hydroxylation is 2. The van der Waals surface area contributed by atoms with Gasteiger partial charge in [0.1, 0.15) is 24.0 Å². The van der Waals surface area contributed by atoms with E-state index in [0.29, 0.717) is 11.1 Å². The smallest absolute Gasteiger partial charge is 0.234 e. The van der Waals surface area contributed by atoms with Gasteiger partial charge in [0.05, 0.1) is 23.5 Å². The molecule has 0 spiro atoms. The number of nitrogens with zero attached hydrogens (tertiary/aromatic N) is 2. The van der Waals surface area contributed by atoms with Crippen LogP contribution in [0.5, 0.6) is 0 Å². The summed E-state index contributed by atoms with van der Waals surface area (Å²) in [4.78, 5) is 4.36. The fourth-order valence-corrected chi connectivity index (χ4v) is 4.78. The Morgan fingerprint density at radius 1 is 1.00 bits per heavy atom. The lowest BCUT2D eigenvalue weighted by Crippen LogP contribution is -2.30. The van der Waals surface area contributed by atoms with Crippen molar-refractivity contribution in [3.8, 4) is 22.4 Å². The van der Waals surface area contributed by atoms with Crippen molar-refractivity contribution in [1.82, 2.24) is 4.98 Å². The van der Waals surface area contributed by atoms with Crippen LogP contribution in [0.15, 0.2) is 71.5 Å². The summed E-state index contributed by atoms with van der Waals surface area (Å²) in [6, 6.07) is 15.3. The molecule has 0 amide bonds. The molecular formula is C29H28FN2O+. The van der Waals surface area contributed by atoms with Crippen molar-refractivity contribution in [2.75, 3.05) is 0 Å². The minimum absolute atomic E-state index is 0.0890. The average Bonchev–Trinajstić information content (AvgIpc) is 3.13. The quantitative estimate of drug-likeness (QED) is 0.279. The van der Waals surface area contributed by atoms with Gasteiger partial charge in [0.25, 0.3) is 0 Å². The van der Waals surface area contributed by atoms with Crippen LogP contribution in [0.25, 0.3) is 44.3 Å². The largest absolute Gasteiger partial charge is 0.454 e. The van der Waals surface area contributed by atoms with E-state index in [1.165, 1.54) is 5.56 Å². The molecule has 5 rings (SSSR count). The van der Waals surface area contributed by atoms with Crippen LogP contribution in [-0.2, 0) is 13.5 Å². The third-order valence-electron chi connectivity index (χ3n) is 6.13. The monoisotopic (exact) mass is 439 g/mol. The summed E-state index contributed by atoms with van der Waals surface area (Å²) in [7, 11) is 2.00. The molecule has 0 aliphatic rings. The molecule has 5 aromatic rings. The van der Waals surface area contributed by atoms with Crippen LogP contribution in [-0.4, -0.2) is 4.98 Å². The van der Waals surface area contributed by atoms with Gasteiger partial charge < -0.3 is 4.42 Å². The lowest BCUT2D eigenvalue weighted by molar-refractivity contribution is -0.660. The minimum Gasteiger partial charge on any atom is -0.454 e. The second-order valence-electron chi connectivity index (χ2n) is 10.0. The SMILES string of the molecule is Cc1cc(CC(C)(C)C)c2c(oc3c(-c4ccccc4)c(F)ccc32)c1-c1cncc[n+]1C. The lowest BCUT2D eigenvalue weighted by atomic mass is 9.84. The van der Waals surface area contributed by atoms with Crippen LogP contribution >= 0.6 is 0 Å². The molecule has 0 aliphatic heterocycles. The Morgan fingerprint density at radius 3 is 2.45 bits per heavy atom. The van der Waals surface area contributed by atoms with Crippen molar-refractivity contribution < 1.29 is 13.4 Å². The highest BCUT2D eigenvalue weighted by molar-refractivity contribution is 6.14. The summed E-state index contributed by atoms with van der Waals surface area (Å²) < 4.78 is 23.9. The van der Waals surface area contributed by atoms with Gasteiger partial charge in [-0.05, 0) is 47.6 Å². The molecule has 3 aromatic carbocycles. The van der Waals surface area contributed by atoms with E-state index in [4.69, 9.17) is 4.42 Å². The Balaban J connectivity index is 1.95. The van der Waals surface area contributed by atoms with Gasteiger partial charge in [-0.15, -0.1) is 0 Å². The van der Waals surface area contributed by atoms with Gasteiger partial charge in [-0.2, -0.15) is 4.57 Å². The number of furan rings is 1. The number of aromatic nitrogens is 2. The molecule has 0 saturated heterocycles. The number of hydrogen-bond donors (Lipinski definition) is 0. The van der Waals surface area contributed by atoms with Crippen molar-refractivity contribution in [3.63, 3.8) is 0 Å². The average molecular weight is 440 g/mol. The number of rotatable bonds is 3. The molecule has 0 atom stereocenters. The maximum absolute atomic E-state index is 15.2. The standard InChI is InChI=1S/C29H28FN2O/c1-18-15-20(16-29(2,3)4)25-21-11-12-22(30)26(19-9-7-6-8-10-19)27(21)33-28(25)24(18)23-17-31-13-14-32(23)5/h6-15,17H,16H2,1-5H3/q+1. The van der Waals surface area contributed by atoms with Gasteiger partial charge in [-0.1, -0.05) is 57.2 Å². The zero-order valence-corrected chi connectivity index (χ0v) is 19.7. The molecule has 0 saturated carbocycles. The van der Waals surface area contributed by atoms with Crippen LogP contribution in [0, 0.1) is 18.2 Å². The van der Waals surface area contributed by atoms with Crippen molar-refractivity contribution >= 4 is 21.9 Å². The van der Waals surface area contributed by atoms with Crippen LogP contribution in [0.2, 0.25) is 0 Å². The summed E-state index contributed by atoms with van der Waals surface area (Å²) >= 11 is 0. The van der Waals surface area contributed by atoms with Crippen molar-refractivity contribution in [2.24, 2.45) is 12.5 Å². The number of halogens is 1. The van der Waals surface area contributed by atoms with Gasteiger partial charge in [0.15, 0.2) is 6.20 Å². The molecule has 166 valence electrons. The van der Waals surface area contributed by atoms with Gasteiger partial charge in [-0.3, -0.25) is 4.98 Å². The summed E-state index contributed by atoms with van der Waals surface area (Å²) in [6.07, 6.45) is 6.44. The van der Waals surface area contributed by atoms with Crippen molar-refractivity contribution in [3.05, 3.63) is 84.1 Å². The number of benzene rings is 3. The zero-order valence-electron chi connectivity index (χ0n) is 19.7. The molecule has 2 aromatic heterocycles. The minimum atomic E-state index is -0.282. The maximum atomic E-state index is 15.2. The molecular weight excluding hydrogens is 411 g/mol. The van der Waals surface area contributed by atoms with Crippen molar-refractivity contribution in [2.45, 2.75) is 34.1 Å². The van der Waals surface area contributed by atoms with Crippen LogP contribution in [0.3, 0.4) is 0 Å². The Labute approximate surface area is 193 Å². The van der Waals surface area contributed by atoms with Crippen LogP contribution in [0.4, 0.5) is 4.39 Å². The van der Waals surface area contributed by atoms with E-state index in [9.17, 15) is 0 Å². The fraction of sp³-hybridized carbons (Fsp3) is 0.241. The van der Waals surface area contributed by atoms with Gasteiger partial charge in [-0.25, -0.2) is 4.39 Å². The molecule has 0 fully saturated rings. The molecule has 0 aliphatic carbocycles. The molecule has 0 radical (unpaired) electrons. The predicted molar refractivity (Wildman–Crippen MR) is 131 cm³/mol. The third-order valence-corrected chi connectivity index (χ3v) is 6.13. The van der Waals surface area contributed by atoms with Crippen LogP contribution in [0.1, 0.15) is 31.9 Å². The van der Waals surface area contributed by atoms with Crippen molar-refractivity contribution in [1.29, 1.82) is 0 Å². The summed E-state index contributed by atoms with van der Waals surface area (Å²) in [5, 5.41) is 2.00. The lowest BCUT2D eigenvalue weighted by Gasteiger charge is -2.20. The van der Waals surface area contributed by atoms with E-state index in [1.54, 1.807) is 12.3 Å². The van der Waals surface area contributed by atoms with E-state index < -0.39 is 0 Å². The van der Waals surface area contributed by atoms with E-state index in [0.717, 1.165) is 45.2 Å². The molecule has 4 heteroatoms. The van der Waals surface area contributed by atoms with E-state index in [2.05, 4.69) is 38.7 Å². The highest BCUT2D eigenvalue weighted by atomic mass is 19.1. The maximum Gasteiger partial charge on any atom is 0.234 e. The first kappa shape index (κ1) is 21.3. The normalized spacial score (nSPS) is 12.1. The summed E-state index contributed by atoms with van der Waals surface area (Å²) in [5.41, 5.74) is 7.07. The fourth-order valence-electron chi connectivity index (χ4n) is 4.78. The molecule has 0 unspecified atom stereocenters. The first-order valence-corrected chi connectivity index (χ1v) is 11.3. The van der Waals surface area contributed by atoms with Gasteiger partial charge >= 0.3 is 0 Å². The van der Waals surface area contributed by atoms with Crippen LogP contribution < -0.4 is 4.57 Å². The molecule has 33 heavy (non-hydrogen) atoms. The third kappa shape index (κ3) is 3.70. The van der Waals surface area contributed by atoms with Gasteiger partial charge in [0, 0.05) is 10.8 Å². The Morgan fingerprint density at radius 2 is 1.76 bits per heavy atom. The topological polar surface area (TPSA) is 29.9 Å². The molecule has 2 heterocycles. The highest BCUT2D eigenvalue weighted by Gasteiger charge is 2.27. The first-order chi connectivity index (χ1) is 15.7. The van der Waals surface area contributed by atoms with E-state index >= 15 is 4.39 Å². The predicted octanol–water partition coefficient (Wildman–Crippen LogP) is 7.18.